The Bertz CT molecular complexity index is 455. The molecule has 1 amide bonds. The highest BCUT2D eigenvalue weighted by Crippen LogP contribution is 2.26. The number of hydrogen-bond donors (Lipinski definition) is 1. The van der Waals surface area contributed by atoms with Gasteiger partial charge in [0, 0.05) is 24.7 Å². The van der Waals surface area contributed by atoms with Crippen LogP contribution in [0.4, 0.5) is 0 Å². The minimum Gasteiger partial charge on any atom is -0.332 e. The molecule has 0 bridgehead atoms. The largest absolute Gasteiger partial charge is 0.332 e. The first-order chi connectivity index (χ1) is 9.13. The van der Waals surface area contributed by atoms with E-state index in [4.69, 9.17) is 11.6 Å². The average molecular weight is 299 g/mol. The summed E-state index contributed by atoms with van der Waals surface area (Å²) in [5, 5.41) is 4.07. The molecule has 1 aromatic rings. The normalized spacial score (nSPS) is 21.2. The number of hydrogen-bond acceptors (Lipinski definition) is 3. The summed E-state index contributed by atoms with van der Waals surface area (Å²) in [5.74, 6) is 0.207. The van der Waals surface area contributed by atoms with Crippen molar-refractivity contribution in [3.8, 4) is 0 Å². The third-order valence-electron chi connectivity index (χ3n) is 3.46. The molecule has 104 valence electrons. The van der Waals surface area contributed by atoms with Crippen LogP contribution >= 0.6 is 23.4 Å². The maximum Gasteiger partial charge on any atom is 0.235 e. The van der Waals surface area contributed by atoms with Crippen LogP contribution in [-0.2, 0) is 4.79 Å². The number of amides is 1. The van der Waals surface area contributed by atoms with Crippen LogP contribution in [0.2, 0.25) is 5.02 Å². The molecule has 0 radical (unpaired) electrons. The van der Waals surface area contributed by atoms with E-state index in [1.165, 1.54) is 0 Å². The van der Waals surface area contributed by atoms with Gasteiger partial charge in [-0.1, -0.05) is 23.7 Å². The van der Waals surface area contributed by atoms with Crippen molar-refractivity contribution in [2.45, 2.75) is 18.2 Å². The van der Waals surface area contributed by atoms with Gasteiger partial charge in [0.15, 0.2) is 0 Å². The van der Waals surface area contributed by atoms with E-state index >= 15 is 0 Å². The second-order valence-corrected chi connectivity index (χ2v) is 6.30. The van der Waals surface area contributed by atoms with Crippen molar-refractivity contribution < 1.29 is 4.79 Å². The van der Waals surface area contributed by atoms with Crippen LogP contribution in [0.1, 0.15) is 18.5 Å². The highest BCUT2D eigenvalue weighted by molar-refractivity contribution is 7.99. The first-order valence-corrected chi connectivity index (χ1v) is 8.09. The van der Waals surface area contributed by atoms with Crippen molar-refractivity contribution in [3.05, 3.63) is 34.9 Å². The second-order valence-electron chi connectivity index (χ2n) is 4.68. The van der Waals surface area contributed by atoms with E-state index in [1.807, 2.05) is 42.3 Å². The summed E-state index contributed by atoms with van der Waals surface area (Å²) >= 11 is 7.64. The lowest BCUT2D eigenvalue weighted by Crippen LogP contribution is -2.50. The smallest absolute Gasteiger partial charge is 0.235 e. The molecule has 1 aliphatic heterocycles. The van der Waals surface area contributed by atoms with Crippen molar-refractivity contribution >= 4 is 29.3 Å². The Morgan fingerprint density at radius 1 is 1.58 bits per heavy atom. The molecular formula is C14H19ClN2OS. The number of rotatable bonds is 3. The molecule has 2 unspecified atom stereocenters. The fourth-order valence-corrected chi connectivity index (χ4v) is 2.85. The number of carbonyl (C=O) groups excluding carboxylic acids is 1. The number of nitrogens with one attached hydrogen (secondary N) is 1. The molecule has 2 atom stereocenters. The van der Waals surface area contributed by atoms with E-state index in [1.54, 1.807) is 11.8 Å². The molecule has 1 N–H and O–H groups in total. The van der Waals surface area contributed by atoms with Gasteiger partial charge in [0.2, 0.25) is 5.91 Å². The van der Waals surface area contributed by atoms with Gasteiger partial charge in [-0.15, -0.1) is 0 Å². The third-order valence-corrected chi connectivity index (χ3v) is 4.61. The van der Waals surface area contributed by atoms with Gasteiger partial charge in [0.1, 0.15) is 0 Å². The zero-order chi connectivity index (χ0) is 13.8. The van der Waals surface area contributed by atoms with Crippen LogP contribution < -0.4 is 5.32 Å². The Labute approximate surface area is 123 Å². The predicted octanol–water partition coefficient (Wildman–Crippen LogP) is 2.56. The molecule has 2 rings (SSSR count). The summed E-state index contributed by atoms with van der Waals surface area (Å²) in [6, 6.07) is 7.86. The van der Waals surface area contributed by atoms with Crippen molar-refractivity contribution in [1.29, 1.82) is 0 Å². The lowest BCUT2D eigenvalue weighted by atomic mass is 10.0. The van der Waals surface area contributed by atoms with Crippen molar-refractivity contribution in [1.82, 2.24) is 10.2 Å². The van der Waals surface area contributed by atoms with Crippen LogP contribution in [0.15, 0.2) is 24.3 Å². The number of carbonyl (C=O) groups is 1. The molecule has 1 aromatic carbocycles. The highest BCUT2D eigenvalue weighted by Gasteiger charge is 2.30. The molecule has 1 aliphatic rings. The van der Waals surface area contributed by atoms with E-state index in [2.05, 4.69) is 5.32 Å². The van der Waals surface area contributed by atoms with Gasteiger partial charge in [-0.05, 0) is 30.9 Å². The van der Waals surface area contributed by atoms with Crippen LogP contribution in [-0.4, -0.2) is 41.9 Å². The molecule has 3 nitrogen and oxygen atoms in total. The van der Waals surface area contributed by atoms with Gasteiger partial charge in [0.05, 0.1) is 11.3 Å². The van der Waals surface area contributed by atoms with Gasteiger partial charge in [-0.2, -0.15) is 11.8 Å². The van der Waals surface area contributed by atoms with Crippen LogP contribution in [0, 0.1) is 0 Å². The highest BCUT2D eigenvalue weighted by atomic mass is 35.5. The molecule has 1 fully saturated rings. The lowest BCUT2D eigenvalue weighted by molar-refractivity contribution is -0.133. The summed E-state index contributed by atoms with van der Waals surface area (Å²) in [6.07, 6.45) is 1.97. The minimum absolute atomic E-state index is 0.000200. The molecule has 0 spiro atoms. The number of nitrogens with zero attached hydrogens (tertiary/aromatic N) is 1. The Morgan fingerprint density at radius 3 is 3.05 bits per heavy atom. The summed E-state index contributed by atoms with van der Waals surface area (Å²) in [5.41, 5.74) is 1.10. The zero-order valence-corrected chi connectivity index (χ0v) is 12.8. The summed E-state index contributed by atoms with van der Waals surface area (Å²) in [7, 11) is 0. The van der Waals surface area contributed by atoms with Crippen molar-refractivity contribution in [2.75, 3.05) is 25.9 Å². The number of piperazine rings is 1. The molecular weight excluding hydrogens is 280 g/mol. The average Bonchev–Trinajstić information content (AvgIpc) is 2.45. The quantitative estimate of drug-likeness (QED) is 0.931. The fourth-order valence-electron chi connectivity index (χ4n) is 2.31. The Balaban J connectivity index is 2.23. The molecule has 0 aromatic heterocycles. The van der Waals surface area contributed by atoms with Gasteiger partial charge in [-0.25, -0.2) is 0 Å². The lowest BCUT2D eigenvalue weighted by Gasteiger charge is -2.37. The molecule has 1 heterocycles. The first kappa shape index (κ1) is 14.7. The number of halogens is 1. The van der Waals surface area contributed by atoms with Crippen LogP contribution in [0.25, 0.3) is 0 Å². The molecule has 0 saturated carbocycles. The minimum atomic E-state index is -0.000200. The molecule has 19 heavy (non-hydrogen) atoms. The SMILES string of the molecule is CSC(C)C(=O)N1CCNCC1c1cccc(Cl)c1. The topological polar surface area (TPSA) is 32.3 Å². The number of benzene rings is 1. The third kappa shape index (κ3) is 3.44. The summed E-state index contributed by atoms with van der Waals surface area (Å²) in [4.78, 5) is 14.4. The molecule has 0 aliphatic carbocycles. The van der Waals surface area contributed by atoms with Crippen molar-refractivity contribution in [2.24, 2.45) is 0 Å². The fraction of sp³-hybridized carbons (Fsp3) is 0.500. The maximum absolute atomic E-state index is 12.4. The zero-order valence-electron chi connectivity index (χ0n) is 11.2. The van der Waals surface area contributed by atoms with Crippen molar-refractivity contribution in [3.63, 3.8) is 0 Å². The number of thioether (sulfide) groups is 1. The predicted molar refractivity (Wildman–Crippen MR) is 81.8 cm³/mol. The van der Waals surface area contributed by atoms with E-state index in [0.29, 0.717) is 5.02 Å². The van der Waals surface area contributed by atoms with Gasteiger partial charge < -0.3 is 10.2 Å². The van der Waals surface area contributed by atoms with E-state index in [0.717, 1.165) is 25.2 Å². The van der Waals surface area contributed by atoms with Gasteiger partial charge >= 0.3 is 0 Å². The Morgan fingerprint density at radius 2 is 2.37 bits per heavy atom. The Kier molecular flexibility index (Phi) is 5.13. The first-order valence-electron chi connectivity index (χ1n) is 6.43. The van der Waals surface area contributed by atoms with Gasteiger partial charge in [0.25, 0.3) is 0 Å². The van der Waals surface area contributed by atoms with E-state index in [9.17, 15) is 4.79 Å². The molecule has 5 heteroatoms. The van der Waals surface area contributed by atoms with E-state index < -0.39 is 0 Å². The monoisotopic (exact) mass is 298 g/mol. The van der Waals surface area contributed by atoms with Gasteiger partial charge in [-0.3, -0.25) is 4.79 Å². The second kappa shape index (κ2) is 6.64. The Hall–Kier alpha value is -0.710. The summed E-state index contributed by atoms with van der Waals surface area (Å²) < 4.78 is 0. The van der Waals surface area contributed by atoms with Crippen LogP contribution in [0.3, 0.4) is 0 Å². The van der Waals surface area contributed by atoms with Crippen LogP contribution in [0.5, 0.6) is 0 Å². The standard InChI is InChI=1S/C14H19ClN2OS/c1-10(19-2)14(18)17-7-6-16-9-13(17)11-4-3-5-12(15)8-11/h3-5,8,10,13,16H,6-7,9H2,1-2H3. The maximum atomic E-state index is 12.4. The van der Waals surface area contributed by atoms with E-state index in [-0.39, 0.29) is 17.2 Å². The molecule has 1 saturated heterocycles. The summed E-state index contributed by atoms with van der Waals surface area (Å²) in [6.45, 7) is 4.35.